The van der Waals surface area contributed by atoms with Crippen molar-refractivity contribution in [3.63, 3.8) is 0 Å². The van der Waals surface area contributed by atoms with Gasteiger partial charge in [0.15, 0.2) is 0 Å². The topological polar surface area (TPSA) is 95.6 Å². The molecule has 28 heavy (non-hydrogen) atoms. The Labute approximate surface area is 168 Å². The molecule has 2 heterocycles. The SMILES string of the molecule is CNC(=O)c1ccsc1NC(=O)c1ccc(S(=O)(=O)N2CCC(C)CC2)cc1. The predicted octanol–water partition coefficient (Wildman–Crippen LogP) is 2.78. The Morgan fingerprint density at radius 2 is 1.71 bits per heavy atom. The van der Waals surface area contributed by atoms with Gasteiger partial charge < -0.3 is 10.6 Å². The van der Waals surface area contributed by atoms with Crippen LogP contribution in [0.4, 0.5) is 5.00 Å². The Morgan fingerprint density at radius 1 is 1.07 bits per heavy atom. The van der Waals surface area contributed by atoms with Crippen LogP contribution in [0.5, 0.6) is 0 Å². The molecule has 2 amide bonds. The van der Waals surface area contributed by atoms with Gasteiger partial charge in [-0.2, -0.15) is 4.31 Å². The molecule has 2 aromatic rings. The van der Waals surface area contributed by atoms with Crippen molar-refractivity contribution in [3.8, 4) is 0 Å². The fraction of sp³-hybridized carbons (Fsp3) is 0.368. The van der Waals surface area contributed by atoms with Gasteiger partial charge in [-0.25, -0.2) is 8.42 Å². The molecule has 1 fully saturated rings. The van der Waals surface area contributed by atoms with Crippen molar-refractivity contribution in [1.29, 1.82) is 0 Å². The van der Waals surface area contributed by atoms with Gasteiger partial charge in [-0.15, -0.1) is 11.3 Å². The summed E-state index contributed by atoms with van der Waals surface area (Å²) < 4.78 is 27.0. The average Bonchev–Trinajstić information content (AvgIpc) is 3.16. The number of thiophene rings is 1. The van der Waals surface area contributed by atoms with Crippen LogP contribution in [-0.4, -0.2) is 44.7 Å². The van der Waals surface area contributed by atoms with Crippen molar-refractivity contribution in [3.05, 3.63) is 46.8 Å². The van der Waals surface area contributed by atoms with Crippen molar-refractivity contribution in [2.24, 2.45) is 5.92 Å². The van der Waals surface area contributed by atoms with Crippen LogP contribution in [0.1, 0.15) is 40.5 Å². The van der Waals surface area contributed by atoms with Crippen LogP contribution in [0.15, 0.2) is 40.6 Å². The molecule has 1 aliphatic heterocycles. The first kappa shape index (κ1) is 20.5. The van der Waals surface area contributed by atoms with Gasteiger partial charge >= 0.3 is 0 Å². The molecule has 9 heteroatoms. The van der Waals surface area contributed by atoms with E-state index < -0.39 is 15.9 Å². The number of nitrogens with one attached hydrogen (secondary N) is 2. The van der Waals surface area contributed by atoms with Crippen molar-refractivity contribution in [2.75, 3.05) is 25.5 Å². The molecule has 1 aliphatic rings. The molecule has 0 bridgehead atoms. The quantitative estimate of drug-likeness (QED) is 0.776. The van der Waals surface area contributed by atoms with E-state index in [0.29, 0.717) is 35.1 Å². The van der Waals surface area contributed by atoms with Crippen LogP contribution in [-0.2, 0) is 10.0 Å². The van der Waals surface area contributed by atoms with E-state index in [-0.39, 0.29) is 10.8 Å². The normalized spacial score (nSPS) is 15.9. The Balaban J connectivity index is 1.73. The second kappa shape index (κ2) is 8.42. The first-order valence-corrected chi connectivity index (χ1v) is 11.4. The minimum Gasteiger partial charge on any atom is -0.355 e. The molecule has 1 aromatic carbocycles. The molecule has 7 nitrogen and oxygen atoms in total. The number of rotatable bonds is 5. The number of sulfonamides is 1. The number of anilines is 1. The van der Waals surface area contributed by atoms with Crippen LogP contribution in [0, 0.1) is 5.92 Å². The molecule has 3 rings (SSSR count). The summed E-state index contributed by atoms with van der Waals surface area (Å²) in [5.74, 6) is -0.147. The first-order valence-electron chi connectivity index (χ1n) is 9.04. The summed E-state index contributed by atoms with van der Waals surface area (Å²) in [7, 11) is -2.03. The molecular formula is C19H23N3O4S2. The molecule has 0 saturated carbocycles. The standard InChI is InChI=1S/C19H23N3O4S2/c1-13-7-10-22(11-8-13)28(25,26)15-5-3-14(4-6-15)17(23)21-19-16(9-12-27-19)18(24)20-2/h3-6,9,12-13H,7-8,10-11H2,1-2H3,(H,20,24)(H,21,23). The average molecular weight is 422 g/mol. The Bertz CT molecular complexity index is 959. The van der Waals surface area contributed by atoms with Crippen LogP contribution < -0.4 is 10.6 Å². The lowest BCUT2D eigenvalue weighted by atomic mass is 10.0. The maximum atomic E-state index is 12.8. The fourth-order valence-corrected chi connectivity index (χ4v) is 5.30. The van der Waals surface area contributed by atoms with Gasteiger partial charge in [0.2, 0.25) is 10.0 Å². The molecule has 0 aliphatic carbocycles. The summed E-state index contributed by atoms with van der Waals surface area (Å²) in [6.45, 7) is 3.17. The molecule has 1 saturated heterocycles. The molecule has 0 atom stereocenters. The number of hydrogen-bond donors (Lipinski definition) is 2. The maximum Gasteiger partial charge on any atom is 0.256 e. The predicted molar refractivity (Wildman–Crippen MR) is 109 cm³/mol. The highest BCUT2D eigenvalue weighted by molar-refractivity contribution is 7.89. The van der Waals surface area contributed by atoms with E-state index in [2.05, 4.69) is 17.6 Å². The van der Waals surface area contributed by atoms with Crippen molar-refractivity contribution in [2.45, 2.75) is 24.7 Å². The molecular weight excluding hydrogens is 398 g/mol. The summed E-state index contributed by atoms with van der Waals surface area (Å²) in [6.07, 6.45) is 1.71. The zero-order valence-electron chi connectivity index (χ0n) is 15.8. The van der Waals surface area contributed by atoms with Crippen LogP contribution >= 0.6 is 11.3 Å². The highest BCUT2D eigenvalue weighted by Crippen LogP contribution is 2.25. The lowest BCUT2D eigenvalue weighted by molar-refractivity contribution is 0.0964. The third kappa shape index (κ3) is 4.26. The number of nitrogens with zero attached hydrogens (tertiary/aromatic N) is 1. The highest BCUT2D eigenvalue weighted by atomic mass is 32.2. The number of hydrogen-bond acceptors (Lipinski definition) is 5. The maximum absolute atomic E-state index is 12.8. The van der Waals surface area contributed by atoms with E-state index in [1.54, 1.807) is 11.4 Å². The molecule has 150 valence electrons. The monoisotopic (exact) mass is 421 g/mol. The van der Waals surface area contributed by atoms with Gasteiger partial charge in [0.25, 0.3) is 11.8 Å². The Morgan fingerprint density at radius 3 is 2.32 bits per heavy atom. The van der Waals surface area contributed by atoms with E-state index in [1.165, 1.54) is 47.0 Å². The van der Waals surface area contributed by atoms with E-state index in [9.17, 15) is 18.0 Å². The van der Waals surface area contributed by atoms with Gasteiger partial charge in [0, 0.05) is 25.7 Å². The van der Waals surface area contributed by atoms with Gasteiger partial charge in [0.1, 0.15) is 5.00 Å². The number of piperidine rings is 1. The molecule has 0 unspecified atom stereocenters. The van der Waals surface area contributed by atoms with Crippen LogP contribution in [0.3, 0.4) is 0 Å². The minimum atomic E-state index is -3.55. The van der Waals surface area contributed by atoms with Gasteiger partial charge in [-0.05, 0) is 54.5 Å². The molecule has 0 radical (unpaired) electrons. The van der Waals surface area contributed by atoms with Crippen LogP contribution in [0.2, 0.25) is 0 Å². The molecule has 1 aromatic heterocycles. The molecule has 0 spiro atoms. The van der Waals surface area contributed by atoms with E-state index in [0.717, 1.165) is 12.8 Å². The third-order valence-corrected chi connectivity index (χ3v) is 7.60. The third-order valence-electron chi connectivity index (χ3n) is 4.86. The second-order valence-corrected chi connectivity index (χ2v) is 9.66. The lowest BCUT2D eigenvalue weighted by Gasteiger charge is -2.29. The summed E-state index contributed by atoms with van der Waals surface area (Å²) >= 11 is 1.25. The number of amides is 2. The van der Waals surface area contributed by atoms with Crippen molar-refractivity contribution in [1.82, 2.24) is 9.62 Å². The van der Waals surface area contributed by atoms with Gasteiger partial charge in [0.05, 0.1) is 10.5 Å². The summed E-state index contributed by atoms with van der Waals surface area (Å²) in [4.78, 5) is 24.5. The lowest BCUT2D eigenvalue weighted by Crippen LogP contribution is -2.37. The number of carbonyl (C=O) groups is 2. The van der Waals surface area contributed by atoms with Crippen molar-refractivity contribution >= 4 is 38.2 Å². The molecule has 2 N–H and O–H groups in total. The Kier molecular flexibility index (Phi) is 6.17. The number of benzene rings is 1. The highest BCUT2D eigenvalue weighted by Gasteiger charge is 2.28. The van der Waals surface area contributed by atoms with Gasteiger partial charge in [-0.3, -0.25) is 9.59 Å². The van der Waals surface area contributed by atoms with E-state index in [4.69, 9.17) is 0 Å². The number of carbonyl (C=O) groups excluding carboxylic acids is 2. The van der Waals surface area contributed by atoms with E-state index >= 15 is 0 Å². The summed E-state index contributed by atoms with van der Waals surface area (Å²) in [6, 6.07) is 7.52. The summed E-state index contributed by atoms with van der Waals surface area (Å²) in [5.41, 5.74) is 0.710. The van der Waals surface area contributed by atoms with Crippen LogP contribution in [0.25, 0.3) is 0 Å². The second-order valence-electron chi connectivity index (χ2n) is 6.81. The zero-order valence-corrected chi connectivity index (χ0v) is 17.4. The first-order chi connectivity index (χ1) is 13.3. The van der Waals surface area contributed by atoms with Crippen molar-refractivity contribution < 1.29 is 18.0 Å². The summed E-state index contributed by atoms with van der Waals surface area (Å²) in [5, 5.41) is 7.40. The minimum absolute atomic E-state index is 0.181. The van der Waals surface area contributed by atoms with Gasteiger partial charge in [-0.1, -0.05) is 6.92 Å². The van der Waals surface area contributed by atoms with E-state index in [1.807, 2.05) is 0 Å². The Hall–Kier alpha value is -2.23. The smallest absolute Gasteiger partial charge is 0.256 e. The fourth-order valence-electron chi connectivity index (χ4n) is 3.05. The largest absolute Gasteiger partial charge is 0.355 e. The zero-order chi connectivity index (χ0) is 20.3.